The van der Waals surface area contributed by atoms with E-state index in [0.29, 0.717) is 6.61 Å². The molecule has 0 atom stereocenters. The van der Waals surface area contributed by atoms with Crippen molar-refractivity contribution in [2.24, 2.45) is 0 Å². The molecule has 1 aromatic heterocycles. The topological polar surface area (TPSA) is 22.1 Å². The Hall–Kier alpha value is -0.120. The molecule has 0 fully saturated rings. The Morgan fingerprint density at radius 1 is 1.60 bits per heavy atom. The van der Waals surface area contributed by atoms with E-state index in [9.17, 15) is 0 Å². The first kappa shape index (κ1) is 7.98. The summed E-state index contributed by atoms with van der Waals surface area (Å²) in [4.78, 5) is 4.01. The van der Waals surface area contributed by atoms with Crippen LogP contribution >= 0.6 is 27.8 Å². The Morgan fingerprint density at radius 2 is 2.40 bits per heavy atom. The first-order chi connectivity index (χ1) is 4.83. The van der Waals surface area contributed by atoms with Crippen molar-refractivity contribution in [2.45, 2.75) is 6.61 Å². The van der Waals surface area contributed by atoms with Crippen LogP contribution in [0.5, 0.6) is 0 Å². The molecular weight excluding hydrogens is 217 g/mol. The van der Waals surface area contributed by atoms with E-state index < -0.39 is 0 Å². The summed E-state index contributed by atoms with van der Waals surface area (Å²) < 4.78 is 5.31. The second kappa shape index (κ2) is 3.91. The molecule has 0 aliphatic rings. The van der Waals surface area contributed by atoms with Gasteiger partial charge < -0.3 is 0 Å². The molecule has 0 N–H and O–H groups in total. The van der Waals surface area contributed by atoms with Crippen molar-refractivity contribution < 1.29 is 4.29 Å². The number of aromatic nitrogens is 1. The highest BCUT2D eigenvalue weighted by atomic mass is 79.9. The second-order valence-electron chi connectivity index (χ2n) is 1.72. The van der Waals surface area contributed by atoms with E-state index in [1.807, 2.05) is 12.1 Å². The normalized spacial score (nSPS) is 9.80. The zero-order chi connectivity index (χ0) is 7.40. The van der Waals surface area contributed by atoms with Crippen LogP contribution in [0.1, 0.15) is 5.69 Å². The Balaban J connectivity index is 2.69. The van der Waals surface area contributed by atoms with Gasteiger partial charge in [0.25, 0.3) is 0 Å². The molecule has 0 spiro atoms. The summed E-state index contributed by atoms with van der Waals surface area (Å²) in [6, 6.07) is 3.73. The summed E-state index contributed by atoms with van der Waals surface area (Å²) in [6.45, 7) is 0.342. The van der Waals surface area contributed by atoms with Gasteiger partial charge in [0.15, 0.2) is 0 Å². The third-order valence-corrected chi connectivity index (χ3v) is 1.57. The van der Waals surface area contributed by atoms with E-state index in [2.05, 4.69) is 25.2 Å². The highest BCUT2D eigenvalue weighted by Crippen LogP contribution is 2.08. The van der Waals surface area contributed by atoms with Gasteiger partial charge in [-0.05, 0) is 28.1 Å². The molecule has 0 radical (unpaired) electrons. The number of hydrogen-bond acceptors (Lipinski definition) is 2. The molecule has 0 aliphatic heterocycles. The lowest BCUT2D eigenvalue weighted by Crippen LogP contribution is -1.87. The Morgan fingerprint density at radius 3 is 2.90 bits per heavy atom. The van der Waals surface area contributed by atoms with Crippen LogP contribution < -0.4 is 0 Å². The predicted molar refractivity (Wildman–Crippen MR) is 42.6 cm³/mol. The summed E-state index contributed by atoms with van der Waals surface area (Å²) >= 11 is 8.28. The second-order valence-corrected chi connectivity index (χ2v) is 2.86. The minimum Gasteiger partial charge on any atom is -0.273 e. The van der Waals surface area contributed by atoms with E-state index >= 15 is 0 Å². The van der Waals surface area contributed by atoms with Crippen LogP contribution in [0.3, 0.4) is 0 Å². The van der Waals surface area contributed by atoms with Crippen molar-refractivity contribution in [3.8, 4) is 0 Å². The number of rotatable bonds is 2. The van der Waals surface area contributed by atoms with Crippen molar-refractivity contribution in [3.05, 3.63) is 28.5 Å². The highest BCUT2D eigenvalue weighted by molar-refractivity contribution is 9.10. The van der Waals surface area contributed by atoms with Gasteiger partial charge in [0, 0.05) is 10.7 Å². The van der Waals surface area contributed by atoms with Crippen LogP contribution in [-0.4, -0.2) is 4.98 Å². The SMILES string of the molecule is ClOCc1ccc(Br)cn1. The van der Waals surface area contributed by atoms with E-state index in [1.54, 1.807) is 6.20 Å². The smallest absolute Gasteiger partial charge is 0.110 e. The minimum atomic E-state index is 0.342. The molecule has 1 aromatic rings. The molecule has 0 saturated heterocycles. The van der Waals surface area contributed by atoms with Crippen LogP contribution in [0.25, 0.3) is 0 Å². The first-order valence-corrected chi connectivity index (χ1v) is 3.77. The van der Waals surface area contributed by atoms with Gasteiger partial charge in [0.1, 0.15) is 6.61 Å². The Bertz CT molecular complexity index is 201. The lowest BCUT2D eigenvalue weighted by molar-refractivity contribution is 0.335. The maximum atomic E-state index is 5.02. The van der Waals surface area contributed by atoms with E-state index in [4.69, 9.17) is 11.9 Å². The van der Waals surface area contributed by atoms with E-state index in [-0.39, 0.29) is 0 Å². The standard InChI is InChI=1S/C6H5BrClNO/c7-5-1-2-6(4-10-8)9-3-5/h1-3H,4H2. The van der Waals surface area contributed by atoms with Crippen molar-refractivity contribution in [1.29, 1.82) is 0 Å². The summed E-state index contributed by atoms with van der Waals surface area (Å²) in [7, 11) is 0. The monoisotopic (exact) mass is 221 g/mol. The summed E-state index contributed by atoms with van der Waals surface area (Å²) in [5.74, 6) is 0. The molecule has 1 rings (SSSR count). The van der Waals surface area contributed by atoms with Gasteiger partial charge in [-0.1, -0.05) is 0 Å². The largest absolute Gasteiger partial charge is 0.273 e. The average molecular weight is 222 g/mol. The quantitative estimate of drug-likeness (QED) is 0.767. The zero-order valence-electron chi connectivity index (χ0n) is 5.05. The Kier molecular flexibility index (Phi) is 3.12. The fourth-order valence-corrected chi connectivity index (χ4v) is 0.894. The van der Waals surface area contributed by atoms with E-state index in [0.717, 1.165) is 10.2 Å². The maximum Gasteiger partial charge on any atom is 0.110 e. The van der Waals surface area contributed by atoms with Crippen molar-refractivity contribution in [1.82, 2.24) is 4.98 Å². The fourth-order valence-electron chi connectivity index (χ4n) is 0.548. The average Bonchev–Trinajstić information content (AvgIpc) is 1.95. The molecule has 54 valence electrons. The number of halogens is 2. The number of nitrogens with zero attached hydrogens (tertiary/aromatic N) is 1. The summed E-state index contributed by atoms with van der Waals surface area (Å²) in [5.41, 5.74) is 0.818. The van der Waals surface area contributed by atoms with Crippen LogP contribution in [0, 0.1) is 0 Å². The summed E-state index contributed by atoms with van der Waals surface area (Å²) in [5, 5.41) is 0. The van der Waals surface area contributed by atoms with E-state index in [1.165, 1.54) is 0 Å². The van der Waals surface area contributed by atoms with Gasteiger partial charge in [-0.3, -0.25) is 9.27 Å². The molecule has 2 nitrogen and oxygen atoms in total. The maximum absolute atomic E-state index is 5.02. The molecule has 10 heavy (non-hydrogen) atoms. The van der Waals surface area contributed by atoms with Crippen molar-refractivity contribution >= 4 is 27.8 Å². The molecule has 0 aliphatic carbocycles. The van der Waals surface area contributed by atoms with Crippen molar-refractivity contribution in [2.75, 3.05) is 0 Å². The fraction of sp³-hybridized carbons (Fsp3) is 0.167. The molecule has 4 heteroatoms. The third-order valence-electron chi connectivity index (χ3n) is 0.991. The predicted octanol–water partition coefficient (Wildman–Crippen LogP) is 2.51. The number of pyridine rings is 1. The molecule has 1 heterocycles. The van der Waals surface area contributed by atoms with Gasteiger partial charge in [-0.15, -0.1) is 0 Å². The van der Waals surface area contributed by atoms with Crippen LogP contribution in [0.2, 0.25) is 0 Å². The lowest BCUT2D eigenvalue weighted by Gasteiger charge is -1.94. The van der Waals surface area contributed by atoms with Gasteiger partial charge in [0.05, 0.1) is 17.6 Å². The summed E-state index contributed by atoms with van der Waals surface area (Å²) in [6.07, 6.45) is 1.70. The lowest BCUT2D eigenvalue weighted by atomic mass is 10.4. The molecule has 0 saturated carbocycles. The zero-order valence-corrected chi connectivity index (χ0v) is 7.39. The van der Waals surface area contributed by atoms with Crippen LogP contribution in [0.15, 0.2) is 22.8 Å². The third kappa shape index (κ3) is 2.25. The van der Waals surface area contributed by atoms with Crippen LogP contribution in [-0.2, 0) is 10.9 Å². The molecular formula is C6H5BrClNO. The molecule has 0 bridgehead atoms. The van der Waals surface area contributed by atoms with Gasteiger partial charge in [-0.25, -0.2) is 0 Å². The molecule has 0 unspecified atom stereocenters. The first-order valence-electron chi connectivity index (χ1n) is 2.67. The molecule has 0 aromatic carbocycles. The molecule has 0 amide bonds. The number of hydrogen-bond donors (Lipinski definition) is 0. The van der Waals surface area contributed by atoms with Crippen molar-refractivity contribution in [3.63, 3.8) is 0 Å². The Labute approximate surface area is 72.5 Å². The van der Waals surface area contributed by atoms with Gasteiger partial charge in [-0.2, -0.15) is 0 Å². The highest BCUT2D eigenvalue weighted by Gasteiger charge is 1.91. The van der Waals surface area contributed by atoms with Gasteiger partial charge in [0.2, 0.25) is 0 Å². The van der Waals surface area contributed by atoms with Gasteiger partial charge >= 0.3 is 0 Å². The minimum absolute atomic E-state index is 0.342. The van der Waals surface area contributed by atoms with Crippen LogP contribution in [0.4, 0.5) is 0 Å².